The van der Waals surface area contributed by atoms with Gasteiger partial charge in [-0.2, -0.15) is 0 Å². The summed E-state index contributed by atoms with van der Waals surface area (Å²) >= 11 is 0. The average molecular weight is 302 g/mol. The summed E-state index contributed by atoms with van der Waals surface area (Å²) < 4.78 is 0. The van der Waals surface area contributed by atoms with Gasteiger partial charge in [0, 0.05) is 31.6 Å². The van der Waals surface area contributed by atoms with E-state index in [-0.39, 0.29) is 17.2 Å². The van der Waals surface area contributed by atoms with Gasteiger partial charge in [-0.15, -0.1) is 0 Å². The van der Waals surface area contributed by atoms with Gasteiger partial charge in [0.05, 0.1) is 0 Å². The van der Waals surface area contributed by atoms with Crippen LogP contribution >= 0.6 is 0 Å². The van der Waals surface area contributed by atoms with Crippen molar-refractivity contribution < 1.29 is 9.59 Å². The van der Waals surface area contributed by atoms with Crippen LogP contribution in [0, 0.1) is 0 Å². The van der Waals surface area contributed by atoms with Gasteiger partial charge < -0.3 is 10.2 Å². The summed E-state index contributed by atoms with van der Waals surface area (Å²) in [5, 5.41) is 2.95. The minimum atomic E-state index is -0.0391. The minimum Gasteiger partial charge on any atom is -0.353 e. The lowest BCUT2D eigenvalue weighted by atomic mass is 9.87. The molecule has 4 nitrogen and oxygen atoms in total. The molecule has 1 aliphatic rings. The maximum atomic E-state index is 11.9. The number of carbonyl (C=O) groups excluding carboxylic acids is 2. The zero-order chi connectivity index (χ0) is 16.3. The topological polar surface area (TPSA) is 49.4 Å². The van der Waals surface area contributed by atoms with Crippen molar-refractivity contribution in [2.24, 2.45) is 0 Å². The third kappa shape index (κ3) is 4.58. The molecule has 1 fully saturated rings. The Hall–Kier alpha value is -1.84. The first-order valence-electron chi connectivity index (χ1n) is 7.95. The van der Waals surface area contributed by atoms with E-state index in [9.17, 15) is 9.59 Å². The normalized spacial score (nSPS) is 14.5. The quantitative estimate of drug-likeness (QED) is 0.909. The Morgan fingerprint density at radius 2 is 1.77 bits per heavy atom. The predicted molar refractivity (Wildman–Crippen MR) is 89.0 cm³/mol. The number of benzene rings is 1. The Balaban J connectivity index is 2.00. The van der Waals surface area contributed by atoms with E-state index in [4.69, 9.17) is 0 Å². The molecule has 0 aliphatic heterocycles. The Bertz CT molecular complexity index is 539. The van der Waals surface area contributed by atoms with E-state index in [1.165, 1.54) is 12.5 Å². The fourth-order valence-corrected chi connectivity index (χ4v) is 2.35. The maximum absolute atomic E-state index is 11.9. The highest BCUT2D eigenvalue weighted by Crippen LogP contribution is 2.25. The van der Waals surface area contributed by atoms with Crippen molar-refractivity contribution in [2.45, 2.75) is 58.4 Å². The zero-order valence-electron chi connectivity index (χ0n) is 14.0. The molecule has 0 heterocycles. The molecule has 0 radical (unpaired) electrons. The van der Waals surface area contributed by atoms with Crippen LogP contribution in [-0.2, 0) is 15.0 Å². The summed E-state index contributed by atoms with van der Waals surface area (Å²) in [6.07, 6.45) is 2.50. The molecule has 4 heteroatoms. The third-order valence-corrected chi connectivity index (χ3v) is 3.93. The van der Waals surface area contributed by atoms with Crippen molar-refractivity contribution in [3.63, 3.8) is 0 Å². The van der Waals surface area contributed by atoms with E-state index in [0.29, 0.717) is 19.0 Å². The average Bonchev–Trinajstić information content (AvgIpc) is 3.22. The lowest BCUT2D eigenvalue weighted by Gasteiger charge is -2.23. The molecule has 2 rings (SSSR count). The third-order valence-electron chi connectivity index (χ3n) is 3.93. The highest BCUT2D eigenvalue weighted by atomic mass is 16.2. The molecule has 0 atom stereocenters. The number of anilines is 1. The first-order chi connectivity index (χ1) is 10.3. The second-order valence-electron chi connectivity index (χ2n) is 7.06. The number of nitrogens with one attached hydrogen (secondary N) is 1. The van der Waals surface area contributed by atoms with Crippen LogP contribution in [0.4, 0.5) is 5.69 Å². The lowest BCUT2D eigenvalue weighted by Crippen LogP contribution is -2.34. The molecule has 1 aliphatic carbocycles. The monoisotopic (exact) mass is 302 g/mol. The van der Waals surface area contributed by atoms with Crippen molar-refractivity contribution >= 4 is 17.5 Å². The second kappa shape index (κ2) is 6.51. The van der Waals surface area contributed by atoms with Crippen LogP contribution in [0.1, 0.15) is 52.5 Å². The molecule has 0 saturated heterocycles. The molecular weight excluding hydrogens is 276 g/mol. The first kappa shape index (κ1) is 16.5. The van der Waals surface area contributed by atoms with Gasteiger partial charge in [0.2, 0.25) is 11.8 Å². The number of nitrogens with zero attached hydrogens (tertiary/aromatic N) is 1. The van der Waals surface area contributed by atoms with Crippen LogP contribution < -0.4 is 10.2 Å². The standard InChI is InChI=1S/C18H26N2O2/c1-13(21)20(12-11-17(22)19-15-7-8-15)16-9-5-14(6-10-16)18(2,3)4/h5-6,9-10,15H,7-8,11-12H2,1-4H3,(H,19,22). The summed E-state index contributed by atoms with van der Waals surface area (Å²) in [6, 6.07) is 8.39. The Morgan fingerprint density at radius 3 is 2.23 bits per heavy atom. The molecule has 1 aromatic rings. The van der Waals surface area contributed by atoms with Gasteiger partial charge in [-0.3, -0.25) is 9.59 Å². The van der Waals surface area contributed by atoms with E-state index >= 15 is 0 Å². The number of hydrogen-bond donors (Lipinski definition) is 1. The molecule has 0 spiro atoms. The van der Waals surface area contributed by atoms with E-state index in [1.807, 2.05) is 12.1 Å². The van der Waals surface area contributed by atoms with Crippen molar-refractivity contribution in [1.82, 2.24) is 5.32 Å². The van der Waals surface area contributed by atoms with Crippen LogP contribution in [0.5, 0.6) is 0 Å². The van der Waals surface area contributed by atoms with Gasteiger partial charge in [0.1, 0.15) is 0 Å². The molecule has 22 heavy (non-hydrogen) atoms. The van der Waals surface area contributed by atoms with E-state index in [0.717, 1.165) is 18.5 Å². The van der Waals surface area contributed by atoms with Crippen LogP contribution in [0.3, 0.4) is 0 Å². The minimum absolute atomic E-state index is 0.0278. The summed E-state index contributed by atoms with van der Waals surface area (Å²) in [5.74, 6) is -0.0113. The summed E-state index contributed by atoms with van der Waals surface area (Å²) in [4.78, 5) is 25.3. The number of hydrogen-bond acceptors (Lipinski definition) is 2. The van der Waals surface area contributed by atoms with Crippen LogP contribution in [0.15, 0.2) is 24.3 Å². The van der Waals surface area contributed by atoms with Crippen LogP contribution in [0.25, 0.3) is 0 Å². The fourth-order valence-electron chi connectivity index (χ4n) is 2.35. The molecule has 120 valence electrons. The van der Waals surface area contributed by atoms with Crippen molar-refractivity contribution in [3.8, 4) is 0 Å². The van der Waals surface area contributed by atoms with Gasteiger partial charge in [-0.1, -0.05) is 32.9 Å². The first-order valence-corrected chi connectivity index (χ1v) is 7.95. The highest BCUT2D eigenvalue weighted by molar-refractivity contribution is 5.92. The molecule has 0 unspecified atom stereocenters. The van der Waals surface area contributed by atoms with E-state index in [1.54, 1.807) is 4.90 Å². The van der Waals surface area contributed by atoms with Gasteiger partial charge in [0.25, 0.3) is 0 Å². The van der Waals surface area contributed by atoms with Crippen molar-refractivity contribution in [1.29, 1.82) is 0 Å². The molecule has 1 N–H and O–H groups in total. The number of rotatable bonds is 5. The summed E-state index contributed by atoms with van der Waals surface area (Å²) in [7, 11) is 0. The molecular formula is C18H26N2O2. The zero-order valence-corrected chi connectivity index (χ0v) is 14.0. The Kier molecular flexibility index (Phi) is 4.89. The molecule has 2 amide bonds. The molecule has 1 saturated carbocycles. The fraction of sp³-hybridized carbons (Fsp3) is 0.556. The summed E-state index contributed by atoms with van der Waals surface area (Å²) in [6.45, 7) is 8.44. The van der Waals surface area contributed by atoms with Gasteiger partial charge in [0.15, 0.2) is 0 Å². The van der Waals surface area contributed by atoms with Crippen molar-refractivity contribution in [3.05, 3.63) is 29.8 Å². The maximum Gasteiger partial charge on any atom is 0.223 e. The molecule has 1 aromatic carbocycles. The van der Waals surface area contributed by atoms with E-state index < -0.39 is 0 Å². The van der Waals surface area contributed by atoms with Gasteiger partial charge in [-0.05, 0) is 36.0 Å². The SMILES string of the molecule is CC(=O)N(CCC(=O)NC1CC1)c1ccc(C(C)(C)C)cc1. The highest BCUT2D eigenvalue weighted by Gasteiger charge is 2.23. The smallest absolute Gasteiger partial charge is 0.223 e. The summed E-state index contributed by atoms with van der Waals surface area (Å²) in [5.41, 5.74) is 2.16. The van der Waals surface area contributed by atoms with Gasteiger partial charge in [-0.25, -0.2) is 0 Å². The van der Waals surface area contributed by atoms with Gasteiger partial charge >= 0.3 is 0 Å². The second-order valence-corrected chi connectivity index (χ2v) is 7.06. The van der Waals surface area contributed by atoms with Crippen LogP contribution in [-0.4, -0.2) is 24.4 Å². The Labute approximate surface area is 132 Å². The molecule has 0 aromatic heterocycles. The lowest BCUT2D eigenvalue weighted by molar-refractivity contribution is -0.121. The Morgan fingerprint density at radius 1 is 1.18 bits per heavy atom. The number of amides is 2. The largest absolute Gasteiger partial charge is 0.353 e. The predicted octanol–water partition coefficient (Wildman–Crippen LogP) is 3.01. The van der Waals surface area contributed by atoms with E-state index in [2.05, 4.69) is 38.2 Å². The van der Waals surface area contributed by atoms with Crippen LogP contribution in [0.2, 0.25) is 0 Å². The van der Waals surface area contributed by atoms with Crippen molar-refractivity contribution in [2.75, 3.05) is 11.4 Å². The molecule has 0 bridgehead atoms. The number of carbonyl (C=O) groups is 2.